The van der Waals surface area contributed by atoms with Gasteiger partial charge >= 0.3 is 0 Å². The van der Waals surface area contributed by atoms with Crippen LogP contribution in [0.1, 0.15) is 41.0 Å². The molecule has 0 radical (unpaired) electrons. The molecule has 0 rings (SSSR count). The highest BCUT2D eigenvalue weighted by molar-refractivity contribution is 4.78. The summed E-state index contributed by atoms with van der Waals surface area (Å²) in [6, 6.07) is 0.892. The number of aliphatic hydroxyl groups is 1. The first-order valence-corrected chi connectivity index (χ1v) is 4.75. The zero-order chi connectivity index (χ0) is 9.78. The van der Waals surface area contributed by atoms with Gasteiger partial charge in [0.05, 0.1) is 0 Å². The Hall–Kier alpha value is -0.0800. The molecule has 0 bridgehead atoms. The highest BCUT2D eigenvalue weighted by Gasteiger charge is 2.20. The third-order valence-electron chi connectivity index (χ3n) is 2.40. The molecule has 0 aromatic heterocycles. The molecule has 74 valence electrons. The lowest BCUT2D eigenvalue weighted by Gasteiger charge is -2.30. The number of hydrogen-bond acceptors (Lipinski definition) is 2. The van der Waals surface area contributed by atoms with Crippen molar-refractivity contribution >= 4 is 0 Å². The van der Waals surface area contributed by atoms with Crippen LogP contribution in [0.2, 0.25) is 0 Å². The van der Waals surface area contributed by atoms with Gasteiger partial charge in [0.15, 0.2) is 0 Å². The third-order valence-corrected chi connectivity index (χ3v) is 2.40. The minimum Gasteiger partial charge on any atom is -0.396 e. The van der Waals surface area contributed by atoms with Gasteiger partial charge in [-0.2, -0.15) is 0 Å². The fourth-order valence-corrected chi connectivity index (χ4v) is 0.954. The first kappa shape index (κ1) is 11.9. The Kier molecular flexibility index (Phi) is 4.80. The van der Waals surface area contributed by atoms with E-state index in [1.54, 1.807) is 0 Å². The van der Waals surface area contributed by atoms with Gasteiger partial charge < -0.3 is 10.4 Å². The van der Waals surface area contributed by atoms with Crippen molar-refractivity contribution in [1.29, 1.82) is 0 Å². The largest absolute Gasteiger partial charge is 0.396 e. The van der Waals surface area contributed by atoms with Gasteiger partial charge in [-0.15, -0.1) is 0 Å². The summed E-state index contributed by atoms with van der Waals surface area (Å²) in [5.41, 5.74) is 0.295. The van der Waals surface area contributed by atoms with Gasteiger partial charge in [-0.1, -0.05) is 20.8 Å². The maximum atomic E-state index is 8.71. The fourth-order valence-electron chi connectivity index (χ4n) is 0.954. The summed E-state index contributed by atoms with van der Waals surface area (Å²) in [7, 11) is 0. The average Bonchev–Trinajstić information content (AvgIpc) is 1.85. The molecule has 0 saturated heterocycles. The second kappa shape index (κ2) is 4.83. The predicted octanol–water partition coefficient (Wildman–Crippen LogP) is 1.78. The van der Waals surface area contributed by atoms with Crippen molar-refractivity contribution in [2.75, 3.05) is 6.61 Å². The Morgan fingerprint density at radius 1 is 1.25 bits per heavy atom. The van der Waals surface area contributed by atoms with E-state index in [1.807, 2.05) is 0 Å². The van der Waals surface area contributed by atoms with Gasteiger partial charge in [0.2, 0.25) is 0 Å². The molecule has 0 aliphatic rings. The van der Waals surface area contributed by atoms with Crippen molar-refractivity contribution in [1.82, 2.24) is 5.32 Å². The lowest BCUT2D eigenvalue weighted by Crippen LogP contribution is -2.42. The van der Waals surface area contributed by atoms with Crippen molar-refractivity contribution in [2.45, 2.75) is 53.1 Å². The summed E-state index contributed by atoms with van der Waals surface area (Å²) in [5, 5.41) is 12.2. The van der Waals surface area contributed by atoms with Crippen LogP contribution in [0.3, 0.4) is 0 Å². The zero-order valence-corrected chi connectivity index (χ0v) is 9.02. The quantitative estimate of drug-likeness (QED) is 0.679. The smallest absolute Gasteiger partial charge is 0.0445 e. The van der Waals surface area contributed by atoms with E-state index < -0.39 is 0 Å². The van der Waals surface area contributed by atoms with Crippen LogP contribution in [0.5, 0.6) is 0 Å². The maximum Gasteiger partial charge on any atom is 0.0445 e. The highest BCUT2D eigenvalue weighted by Crippen LogP contribution is 2.19. The molecule has 0 heterocycles. The SMILES string of the molecule is CC(N[C@H](C)CCO)C(C)(C)C. The molecular formula is C10H23NO. The van der Waals surface area contributed by atoms with Crippen molar-refractivity contribution in [3.05, 3.63) is 0 Å². The Balaban J connectivity index is 3.76. The Morgan fingerprint density at radius 3 is 2.08 bits per heavy atom. The monoisotopic (exact) mass is 173 g/mol. The van der Waals surface area contributed by atoms with Gasteiger partial charge in [0.25, 0.3) is 0 Å². The Labute approximate surface area is 76.4 Å². The molecule has 0 aromatic rings. The minimum absolute atomic E-state index is 0.269. The number of hydrogen-bond donors (Lipinski definition) is 2. The fraction of sp³-hybridized carbons (Fsp3) is 1.00. The van der Waals surface area contributed by atoms with E-state index in [4.69, 9.17) is 5.11 Å². The molecule has 0 spiro atoms. The topological polar surface area (TPSA) is 32.3 Å². The normalized spacial score (nSPS) is 17.5. The van der Waals surface area contributed by atoms with E-state index in [9.17, 15) is 0 Å². The molecule has 0 aliphatic heterocycles. The van der Waals surface area contributed by atoms with Crippen LogP contribution >= 0.6 is 0 Å². The van der Waals surface area contributed by atoms with Crippen molar-refractivity contribution in [2.24, 2.45) is 5.41 Å². The predicted molar refractivity (Wildman–Crippen MR) is 53.2 cm³/mol. The zero-order valence-electron chi connectivity index (χ0n) is 9.02. The van der Waals surface area contributed by atoms with E-state index in [-0.39, 0.29) is 6.61 Å². The molecule has 0 saturated carbocycles. The highest BCUT2D eigenvalue weighted by atomic mass is 16.3. The van der Waals surface area contributed by atoms with Crippen LogP contribution in [-0.4, -0.2) is 23.8 Å². The lowest BCUT2D eigenvalue weighted by atomic mass is 9.87. The van der Waals surface area contributed by atoms with Crippen LogP contribution in [0, 0.1) is 5.41 Å². The molecule has 0 aromatic carbocycles. The molecule has 2 atom stereocenters. The molecule has 0 aliphatic carbocycles. The Bertz CT molecular complexity index is 117. The molecule has 1 unspecified atom stereocenters. The lowest BCUT2D eigenvalue weighted by molar-refractivity contribution is 0.230. The third kappa shape index (κ3) is 4.73. The average molecular weight is 173 g/mol. The Morgan fingerprint density at radius 2 is 1.75 bits per heavy atom. The van der Waals surface area contributed by atoms with Crippen molar-refractivity contribution in [3.63, 3.8) is 0 Å². The van der Waals surface area contributed by atoms with Gasteiger partial charge in [-0.3, -0.25) is 0 Å². The first-order valence-electron chi connectivity index (χ1n) is 4.75. The molecule has 12 heavy (non-hydrogen) atoms. The summed E-state index contributed by atoms with van der Waals surface area (Å²) in [5.74, 6) is 0. The molecular weight excluding hydrogens is 150 g/mol. The van der Waals surface area contributed by atoms with Gasteiger partial charge in [-0.25, -0.2) is 0 Å². The van der Waals surface area contributed by atoms with E-state index >= 15 is 0 Å². The standard InChI is InChI=1S/C10H23NO/c1-8(6-7-12)11-9(2)10(3,4)5/h8-9,11-12H,6-7H2,1-5H3/t8-,9?/m1/s1. The molecule has 2 N–H and O–H groups in total. The number of aliphatic hydroxyl groups excluding tert-OH is 1. The van der Waals surface area contributed by atoms with E-state index in [0.29, 0.717) is 17.5 Å². The molecule has 0 fully saturated rings. The molecule has 2 nitrogen and oxygen atoms in total. The van der Waals surface area contributed by atoms with E-state index in [1.165, 1.54) is 0 Å². The summed E-state index contributed by atoms with van der Waals surface area (Å²) in [6.45, 7) is 11.2. The van der Waals surface area contributed by atoms with E-state index in [0.717, 1.165) is 6.42 Å². The minimum atomic E-state index is 0.269. The summed E-state index contributed by atoms with van der Waals surface area (Å²) >= 11 is 0. The van der Waals surface area contributed by atoms with Gasteiger partial charge in [0.1, 0.15) is 0 Å². The van der Waals surface area contributed by atoms with Crippen LogP contribution in [-0.2, 0) is 0 Å². The summed E-state index contributed by atoms with van der Waals surface area (Å²) in [4.78, 5) is 0. The van der Waals surface area contributed by atoms with E-state index in [2.05, 4.69) is 39.9 Å². The molecule has 0 amide bonds. The van der Waals surface area contributed by atoms with Gasteiger partial charge in [-0.05, 0) is 25.7 Å². The second-order valence-electron chi connectivity index (χ2n) is 4.67. The van der Waals surface area contributed by atoms with Crippen molar-refractivity contribution < 1.29 is 5.11 Å². The first-order chi connectivity index (χ1) is 5.38. The number of rotatable bonds is 4. The van der Waals surface area contributed by atoms with Crippen LogP contribution in [0.15, 0.2) is 0 Å². The maximum absolute atomic E-state index is 8.71. The van der Waals surface area contributed by atoms with Crippen molar-refractivity contribution in [3.8, 4) is 0 Å². The van der Waals surface area contributed by atoms with Gasteiger partial charge in [0, 0.05) is 18.7 Å². The second-order valence-corrected chi connectivity index (χ2v) is 4.67. The summed E-state index contributed by atoms with van der Waals surface area (Å²) in [6.07, 6.45) is 0.834. The van der Waals surface area contributed by atoms with Crippen LogP contribution in [0.25, 0.3) is 0 Å². The van der Waals surface area contributed by atoms with Crippen LogP contribution < -0.4 is 5.32 Å². The molecule has 2 heteroatoms. The number of nitrogens with one attached hydrogen (secondary N) is 1. The summed E-state index contributed by atoms with van der Waals surface area (Å²) < 4.78 is 0. The van der Waals surface area contributed by atoms with Crippen LogP contribution in [0.4, 0.5) is 0 Å².